The van der Waals surface area contributed by atoms with Crippen molar-refractivity contribution in [3.8, 4) is 5.75 Å². The van der Waals surface area contributed by atoms with E-state index in [1.807, 2.05) is 0 Å². The lowest BCUT2D eigenvalue weighted by atomic mass is 10.3. The van der Waals surface area contributed by atoms with Crippen molar-refractivity contribution in [2.75, 3.05) is 11.8 Å². The number of aromatic nitrogens is 1. The number of halogens is 2. The number of methoxy groups -OCH3 is 1. The molecule has 20 heavy (non-hydrogen) atoms. The summed E-state index contributed by atoms with van der Waals surface area (Å²) in [5.41, 5.74) is 0.687. The average molecular weight is 353 g/mol. The molecule has 1 N–H and O–H groups in total. The Bertz CT molecular complexity index is 744. The molecular weight excluding hydrogens is 343 g/mol. The first-order chi connectivity index (χ1) is 9.33. The molecule has 0 atom stereocenters. The first-order valence-corrected chi connectivity index (χ1v) is 8.38. The van der Waals surface area contributed by atoms with Gasteiger partial charge in [0, 0.05) is 0 Å². The van der Waals surface area contributed by atoms with Crippen LogP contribution in [0, 0.1) is 6.92 Å². The highest BCUT2D eigenvalue weighted by Gasteiger charge is 2.21. The number of aryl methyl sites for hydroxylation is 1. The second-order valence-corrected chi connectivity index (χ2v) is 7.66. The minimum absolute atomic E-state index is 0.0782. The zero-order valence-corrected chi connectivity index (χ0v) is 13.6. The van der Waals surface area contributed by atoms with E-state index in [0.29, 0.717) is 22.2 Å². The number of nitrogens with zero attached hydrogens (tertiary/aromatic N) is 1. The summed E-state index contributed by atoms with van der Waals surface area (Å²) in [7, 11) is -2.26. The maximum Gasteiger partial charge on any atom is 0.273 e. The van der Waals surface area contributed by atoms with Crippen LogP contribution in [0.3, 0.4) is 0 Å². The van der Waals surface area contributed by atoms with Gasteiger partial charge >= 0.3 is 0 Å². The summed E-state index contributed by atoms with van der Waals surface area (Å²) in [5.74, 6) is 0.464. The largest absolute Gasteiger partial charge is 0.495 e. The highest BCUT2D eigenvalue weighted by molar-refractivity contribution is 7.94. The molecule has 108 valence electrons. The summed E-state index contributed by atoms with van der Waals surface area (Å²) in [6, 6.07) is 4.60. The van der Waals surface area contributed by atoms with Crippen molar-refractivity contribution in [1.82, 2.24) is 4.98 Å². The Kier molecular flexibility index (Phi) is 4.43. The first-order valence-electron chi connectivity index (χ1n) is 5.33. The lowest BCUT2D eigenvalue weighted by Gasteiger charge is -2.09. The summed E-state index contributed by atoms with van der Waals surface area (Å²) >= 11 is 12.6. The topological polar surface area (TPSA) is 68.3 Å². The van der Waals surface area contributed by atoms with Crippen molar-refractivity contribution in [3.05, 3.63) is 33.4 Å². The third-order valence-corrected chi connectivity index (χ3v) is 5.92. The molecule has 1 aromatic heterocycles. The molecule has 0 aliphatic carbocycles. The maximum atomic E-state index is 12.2. The Morgan fingerprint density at radius 3 is 2.55 bits per heavy atom. The molecule has 0 fully saturated rings. The van der Waals surface area contributed by atoms with E-state index in [-0.39, 0.29) is 8.68 Å². The fourth-order valence-corrected chi connectivity index (χ4v) is 4.58. The van der Waals surface area contributed by atoms with Gasteiger partial charge in [0.25, 0.3) is 10.0 Å². The second-order valence-electron chi connectivity index (χ2n) is 3.79. The molecule has 5 nitrogen and oxygen atoms in total. The van der Waals surface area contributed by atoms with Crippen LogP contribution in [0.2, 0.25) is 9.49 Å². The van der Waals surface area contributed by atoms with Gasteiger partial charge in [0.1, 0.15) is 5.75 Å². The van der Waals surface area contributed by atoms with Gasteiger partial charge in [-0.05, 0) is 25.1 Å². The Balaban J connectivity index is 2.33. The number of sulfonamides is 1. The van der Waals surface area contributed by atoms with E-state index in [1.165, 1.54) is 13.2 Å². The zero-order chi connectivity index (χ0) is 14.9. The Morgan fingerprint density at radius 1 is 1.35 bits per heavy atom. The Morgan fingerprint density at radius 2 is 2.05 bits per heavy atom. The van der Waals surface area contributed by atoms with E-state index in [2.05, 4.69) is 9.71 Å². The van der Waals surface area contributed by atoms with Crippen LogP contribution in [0.1, 0.15) is 5.69 Å². The summed E-state index contributed by atoms with van der Waals surface area (Å²) in [5, 5.41) is 0.312. The fraction of sp³-hybridized carbons (Fsp3) is 0.182. The molecule has 2 aromatic rings. The van der Waals surface area contributed by atoms with Crippen LogP contribution >= 0.6 is 34.5 Å². The lowest BCUT2D eigenvalue weighted by molar-refractivity contribution is 0.415. The van der Waals surface area contributed by atoms with Crippen LogP contribution in [0.4, 0.5) is 5.69 Å². The minimum Gasteiger partial charge on any atom is -0.495 e. The second kappa shape index (κ2) is 5.77. The Hall–Kier alpha value is -1.02. The number of hydrogen-bond acceptors (Lipinski definition) is 5. The van der Waals surface area contributed by atoms with Gasteiger partial charge in [0.05, 0.1) is 23.5 Å². The SMILES string of the molecule is COc1ccc(NS(=O)(=O)c2sc(Cl)nc2C)cc1Cl. The van der Waals surface area contributed by atoms with Gasteiger partial charge in [0.15, 0.2) is 8.68 Å². The van der Waals surface area contributed by atoms with E-state index < -0.39 is 10.0 Å². The van der Waals surface area contributed by atoms with Gasteiger partial charge in [-0.2, -0.15) is 0 Å². The number of thiazole rings is 1. The highest BCUT2D eigenvalue weighted by atomic mass is 35.5. The van der Waals surface area contributed by atoms with Crippen LogP contribution in [0.5, 0.6) is 5.75 Å². The standard InChI is InChI=1S/C11H10Cl2N2O3S2/c1-6-10(19-11(13)14-6)20(16,17)15-7-3-4-9(18-2)8(12)5-7/h3-5,15H,1-2H3. The number of hydrogen-bond donors (Lipinski definition) is 1. The first kappa shape index (κ1) is 15.4. The maximum absolute atomic E-state index is 12.2. The molecule has 0 radical (unpaired) electrons. The predicted octanol–water partition coefficient (Wildman–Crippen LogP) is 3.57. The van der Waals surface area contributed by atoms with Crippen LogP contribution in [0.25, 0.3) is 0 Å². The summed E-state index contributed by atoms with van der Waals surface area (Å²) in [6.07, 6.45) is 0. The molecule has 2 rings (SSSR count). The molecule has 0 bridgehead atoms. The summed E-state index contributed by atoms with van der Waals surface area (Å²) in [6.45, 7) is 1.58. The van der Waals surface area contributed by atoms with Crippen LogP contribution in [0.15, 0.2) is 22.4 Å². The number of ether oxygens (including phenoxy) is 1. The van der Waals surface area contributed by atoms with Gasteiger partial charge in [-0.3, -0.25) is 4.72 Å². The Labute approximate surface area is 130 Å². The lowest BCUT2D eigenvalue weighted by Crippen LogP contribution is -2.12. The van der Waals surface area contributed by atoms with Crippen molar-refractivity contribution in [2.45, 2.75) is 11.1 Å². The predicted molar refractivity (Wildman–Crippen MR) is 80.7 cm³/mol. The van der Waals surface area contributed by atoms with Gasteiger partial charge in [0.2, 0.25) is 0 Å². The number of benzene rings is 1. The zero-order valence-electron chi connectivity index (χ0n) is 10.5. The molecule has 9 heteroatoms. The van der Waals surface area contributed by atoms with Gasteiger partial charge in [-0.1, -0.05) is 34.5 Å². The normalized spacial score (nSPS) is 11.4. The highest BCUT2D eigenvalue weighted by Crippen LogP contribution is 2.31. The van der Waals surface area contributed by atoms with Crippen molar-refractivity contribution < 1.29 is 13.2 Å². The van der Waals surface area contributed by atoms with Crippen molar-refractivity contribution in [3.63, 3.8) is 0 Å². The molecule has 0 aliphatic heterocycles. The van der Waals surface area contributed by atoms with Crippen molar-refractivity contribution >= 4 is 50.2 Å². The van der Waals surface area contributed by atoms with Crippen molar-refractivity contribution in [1.29, 1.82) is 0 Å². The summed E-state index contributed by atoms with van der Waals surface area (Å²) < 4.78 is 32.1. The van der Waals surface area contributed by atoms with Gasteiger partial charge < -0.3 is 4.74 Å². The molecule has 0 saturated carbocycles. The number of anilines is 1. The molecule has 0 saturated heterocycles. The molecule has 0 spiro atoms. The van der Waals surface area contributed by atoms with Crippen molar-refractivity contribution in [2.24, 2.45) is 0 Å². The van der Waals surface area contributed by atoms with Gasteiger partial charge in [-0.25, -0.2) is 13.4 Å². The van der Waals surface area contributed by atoms with Crippen LogP contribution < -0.4 is 9.46 Å². The molecule has 1 heterocycles. The smallest absolute Gasteiger partial charge is 0.273 e. The monoisotopic (exact) mass is 352 g/mol. The molecular formula is C11H10Cl2N2O3S2. The average Bonchev–Trinajstić information content (AvgIpc) is 2.69. The minimum atomic E-state index is -3.74. The molecule has 0 amide bonds. The number of nitrogens with one attached hydrogen (secondary N) is 1. The number of rotatable bonds is 4. The van der Waals surface area contributed by atoms with E-state index >= 15 is 0 Å². The van der Waals surface area contributed by atoms with Gasteiger partial charge in [-0.15, -0.1) is 0 Å². The van der Waals surface area contributed by atoms with Crippen LogP contribution in [-0.2, 0) is 10.0 Å². The molecule has 1 aromatic carbocycles. The third kappa shape index (κ3) is 3.17. The van der Waals surface area contributed by atoms with E-state index in [9.17, 15) is 8.42 Å². The van der Waals surface area contributed by atoms with E-state index in [0.717, 1.165) is 11.3 Å². The molecule has 0 unspecified atom stereocenters. The van der Waals surface area contributed by atoms with E-state index in [1.54, 1.807) is 19.1 Å². The molecule has 0 aliphatic rings. The fourth-order valence-electron chi connectivity index (χ4n) is 1.53. The summed E-state index contributed by atoms with van der Waals surface area (Å²) in [4.78, 5) is 3.88. The third-order valence-electron chi connectivity index (χ3n) is 2.38. The van der Waals surface area contributed by atoms with Crippen LogP contribution in [-0.4, -0.2) is 20.5 Å². The quantitative estimate of drug-likeness (QED) is 0.913. The van der Waals surface area contributed by atoms with E-state index in [4.69, 9.17) is 27.9 Å².